The number of aryl methyl sites for hydroxylation is 1. The van der Waals surface area contributed by atoms with Crippen LogP contribution >= 0.6 is 11.8 Å². The number of nitrogens with zero attached hydrogens (tertiary/aromatic N) is 1. The second-order valence-corrected chi connectivity index (χ2v) is 10.5. The second kappa shape index (κ2) is 14.1. The highest BCUT2D eigenvalue weighted by Gasteiger charge is 2.22. The van der Waals surface area contributed by atoms with Crippen LogP contribution in [0.4, 0.5) is 5.69 Å². The monoisotopic (exact) mass is 582 g/mol. The van der Waals surface area contributed by atoms with E-state index in [4.69, 9.17) is 4.74 Å². The van der Waals surface area contributed by atoms with E-state index in [0.29, 0.717) is 29.1 Å². The molecule has 214 valence electrons. The first kappa shape index (κ1) is 30.1. The zero-order valence-electron chi connectivity index (χ0n) is 23.2. The van der Waals surface area contributed by atoms with Gasteiger partial charge in [0, 0.05) is 11.6 Å². The van der Waals surface area contributed by atoms with Crippen molar-refractivity contribution in [3.8, 4) is 22.6 Å². The first-order chi connectivity index (χ1) is 20.3. The van der Waals surface area contributed by atoms with Crippen LogP contribution in [0.3, 0.4) is 0 Å². The van der Waals surface area contributed by atoms with Gasteiger partial charge in [0.05, 0.1) is 4.92 Å². The summed E-state index contributed by atoms with van der Waals surface area (Å²) in [5, 5.41) is 23.6. The predicted octanol–water partition coefficient (Wildman–Crippen LogP) is 7.47. The SMILES string of the molecule is CSCCC(NC(=O)c1ccc(C=Cc2ccc(Oc3ccccc3[N+](=O)[O-])cc2)cc1-c1ccccc1C)C(=O)O. The smallest absolute Gasteiger partial charge is 0.326 e. The fourth-order valence-corrected chi connectivity index (χ4v) is 4.82. The van der Waals surface area contributed by atoms with Crippen LogP contribution in [-0.2, 0) is 4.79 Å². The van der Waals surface area contributed by atoms with E-state index in [0.717, 1.165) is 22.3 Å². The first-order valence-electron chi connectivity index (χ1n) is 13.2. The molecule has 4 aromatic rings. The van der Waals surface area contributed by atoms with E-state index in [9.17, 15) is 24.8 Å². The van der Waals surface area contributed by atoms with E-state index in [2.05, 4.69) is 5.32 Å². The summed E-state index contributed by atoms with van der Waals surface area (Å²) in [5.41, 5.74) is 4.58. The number of ether oxygens (including phenoxy) is 1. The molecule has 4 rings (SSSR count). The Morgan fingerprint density at radius 3 is 2.31 bits per heavy atom. The number of hydrogen-bond donors (Lipinski definition) is 2. The largest absolute Gasteiger partial charge is 0.480 e. The van der Waals surface area contributed by atoms with Crippen molar-refractivity contribution in [1.82, 2.24) is 5.32 Å². The van der Waals surface area contributed by atoms with E-state index in [-0.39, 0.29) is 11.4 Å². The number of carbonyl (C=O) groups is 2. The molecule has 0 spiro atoms. The molecule has 4 aromatic carbocycles. The number of benzene rings is 4. The van der Waals surface area contributed by atoms with Crippen molar-refractivity contribution in [3.05, 3.63) is 123 Å². The van der Waals surface area contributed by atoms with Crippen molar-refractivity contribution in [2.24, 2.45) is 0 Å². The van der Waals surface area contributed by atoms with E-state index < -0.39 is 22.8 Å². The number of nitro groups is 1. The summed E-state index contributed by atoms with van der Waals surface area (Å²) in [5.74, 6) is -0.252. The molecule has 0 radical (unpaired) electrons. The van der Waals surface area contributed by atoms with E-state index in [1.807, 2.05) is 73.9 Å². The molecule has 8 nitrogen and oxygen atoms in total. The molecular weight excluding hydrogens is 552 g/mol. The fourth-order valence-electron chi connectivity index (χ4n) is 4.35. The van der Waals surface area contributed by atoms with Crippen molar-refractivity contribution in [2.45, 2.75) is 19.4 Å². The number of aliphatic carboxylic acids is 1. The minimum Gasteiger partial charge on any atom is -0.480 e. The maximum absolute atomic E-state index is 13.3. The number of rotatable bonds is 12. The van der Waals surface area contributed by atoms with Gasteiger partial charge in [-0.1, -0.05) is 66.7 Å². The van der Waals surface area contributed by atoms with Crippen molar-refractivity contribution >= 4 is 41.5 Å². The number of hydrogen-bond acceptors (Lipinski definition) is 6. The van der Waals surface area contributed by atoms with Crippen molar-refractivity contribution in [2.75, 3.05) is 12.0 Å². The predicted molar refractivity (Wildman–Crippen MR) is 167 cm³/mol. The number of carboxylic acid groups (broad SMARTS) is 1. The van der Waals surface area contributed by atoms with Crippen LogP contribution in [0.2, 0.25) is 0 Å². The molecule has 0 aliphatic rings. The quantitative estimate of drug-likeness (QED) is 0.101. The Morgan fingerprint density at radius 2 is 1.62 bits per heavy atom. The molecule has 0 bridgehead atoms. The Balaban J connectivity index is 1.58. The lowest BCUT2D eigenvalue weighted by Crippen LogP contribution is -2.41. The van der Waals surface area contributed by atoms with Crippen molar-refractivity contribution < 1.29 is 24.4 Å². The minimum atomic E-state index is -1.06. The number of para-hydroxylation sites is 2. The Hall–Kier alpha value is -4.89. The molecule has 0 saturated carbocycles. The molecule has 0 aliphatic carbocycles. The van der Waals surface area contributed by atoms with E-state index >= 15 is 0 Å². The van der Waals surface area contributed by atoms with E-state index in [1.54, 1.807) is 36.4 Å². The molecule has 9 heteroatoms. The Labute approximate surface area is 248 Å². The third kappa shape index (κ3) is 7.64. The van der Waals surface area contributed by atoms with Crippen LogP contribution in [-0.4, -0.2) is 40.0 Å². The Kier molecular flexibility index (Phi) is 10.1. The highest BCUT2D eigenvalue weighted by atomic mass is 32.2. The van der Waals surface area contributed by atoms with Crippen LogP contribution in [0.5, 0.6) is 11.5 Å². The van der Waals surface area contributed by atoms with Crippen LogP contribution in [0.1, 0.15) is 33.5 Å². The summed E-state index contributed by atoms with van der Waals surface area (Å²) >= 11 is 1.53. The average Bonchev–Trinajstić information content (AvgIpc) is 2.99. The molecular formula is C33H30N2O6S. The third-order valence-corrected chi connectivity index (χ3v) is 7.22. The van der Waals surface area contributed by atoms with Gasteiger partial charge in [0.1, 0.15) is 11.8 Å². The van der Waals surface area contributed by atoms with Gasteiger partial charge in [-0.15, -0.1) is 0 Å². The highest BCUT2D eigenvalue weighted by Crippen LogP contribution is 2.32. The Morgan fingerprint density at radius 1 is 0.952 bits per heavy atom. The van der Waals surface area contributed by atoms with E-state index in [1.165, 1.54) is 17.8 Å². The lowest BCUT2D eigenvalue weighted by Gasteiger charge is -2.17. The van der Waals surface area contributed by atoms with Crippen LogP contribution in [0.15, 0.2) is 91.0 Å². The van der Waals surface area contributed by atoms with Gasteiger partial charge < -0.3 is 15.2 Å². The normalized spacial score (nSPS) is 11.7. The number of amides is 1. The second-order valence-electron chi connectivity index (χ2n) is 9.49. The van der Waals surface area contributed by atoms with Gasteiger partial charge in [-0.3, -0.25) is 14.9 Å². The molecule has 42 heavy (non-hydrogen) atoms. The standard InChI is InChI=1S/C33H30N2O6S/c1-22-7-3-4-8-26(22)28-21-24(15-18-27(28)32(36)34-29(33(37)38)19-20-42-2)12-11-23-13-16-25(17-14-23)41-31-10-6-5-9-30(31)35(39)40/h3-18,21,29H,19-20H2,1-2H3,(H,34,36)(H,37,38). The molecule has 0 aromatic heterocycles. The highest BCUT2D eigenvalue weighted by molar-refractivity contribution is 7.98. The van der Waals surface area contributed by atoms with Crippen LogP contribution in [0.25, 0.3) is 23.3 Å². The summed E-state index contributed by atoms with van der Waals surface area (Å²) in [6.07, 6.45) is 6.05. The van der Waals surface area contributed by atoms with Gasteiger partial charge in [-0.2, -0.15) is 11.8 Å². The maximum Gasteiger partial charge on any atom is 0.326 e. The summed E-state index contributed by atoms with van der Waals surface area (Å²) in [6.45, 7) is 1.96. The summed E-state index contributed by atoms with van der Waals surface area (Å²) < 4.78 is 5.72. The zero-order valence-corrected chi connectivity index (χ0v) is 24.0. The number of thioether (sulfide) groups is 1. The van der Waals surface area contributed by atoms with Gasteiger partial charge in [-0.05, 0) is 83.5 Å². The van der Waals surface area contributed by atoms with Crippen LogP contribution < -0.4 is 10.1 Å². The molecule has 0 aliphatic heterocycles. The zero-order chi connectivity index (χ0) is 30.1. The number of nitro benzene ring substituents is 1. The minimum absolute atomic E-state index is 0.110. The molecule has 0 fully saturated rings. The molecule has 1 atom stereocenters. The third-order valence-electron chi connectivity index (χ3n) is 6.58. The lowest BCUT2D eigenvalue weighted by molar-refractivity contribution is -0.385. The summed E-state index contributed by atoms with van der Waals surface area (Å²) in [6, 6.07) is 25.5. The topological polar surface area (TPSA) is 119 Å². The molecule has 1 amide bonds. The van der Waals surface area contributed by atoms with Gasteiger partial charge >= 0.3 is 11.7 Å². The van der Waals surface area contributed by atoms with Crippen molar-refractivity contribution in [3.63, 3.8) is 0 Å². The fraction of sp³-hybridized carbons (Fsp3) is 0.152. The van der Waals surface area contributed by atoms with Gasteiger partial charge in [0.2, 0.25) is 5.75 Å². The molecule has 0 saturated heterocycles. The summed E-state index contributed by atoms with van der Waals surface area (Å²) in [4.78, 5) is 35.8. The van der Waals surface area contributed by atoms with Crippen molar-refractivity contribution in [1.29, 1.82) is 0 Å². The Bertz CT molecular complexity index is 1620. The summed E-state index contributed by atoms with van der Waals surface area (Å²) in [7, 11) is 0. The molecule has 0 heterocycles. The van der Waals surface area contributed by atoms with Gasteiger partial charge in [-0.25, -0.2) is 4.79 Å². The molecule has 2 N–H and O–H groups in total. The maximum atomic E-state index is 13.3. The van der Waals surface area contributed by atoms with Gasteiger partial charge in [0.15, 0.2) is 0 Å². The van der Waals surface area contributed by atoms with Gasteiger partial charge in [0.25, 0.3) is 5.91 Å². The first-order valence-corrected chi connectivity index (χ1v) is 14.6. The van der Waals surface area contributed by atoms with Crippen LogP contribution in [0, 0.1) is 17.0 Å². The molecule has 1 unspecified atom stereocenters. The lowest BCUT2D eigenvalue weighted by atomic mass is 9.93. The number of nitrogens with one attached hydrogen (secondary N) is 1. The number of carboxylic acids is 1. The average molecular weight is 583 g/mol. The number of carbonyl (C=O) groups excluding carboxylic acids is 1.